The van der Waals surface area contributed by atoms with Crippen LogP contribution in [0.3, 0.4) is 0 Å². The predicted octanol–water partition coefficient (Wildman–Crippen LogP) is 0.843. The molecule has 1 aromatic carbocycles. The molecule has 1 aromatic rings. The Balaban J connectivity index is 2.97. The van der Waals surface area contributed by atoms with E-state index in [1.54, 1.807) is 0 Å². The third-order valence-corrected chi connectivity index (χ3v) is 2.56. The molecule has 0 aliphatic rings. The number of nitro benzene ring substituents is 1. The summed E-state index contributed by atoms with van der Waals surface area (Å²) in [5.74, 6) is -0.716. The lowest BCUT2D eigenvalue weighted by Crippen LogP contribution is -2.28. The van der Waals surface area contributed by atoms with Crippen LogP contribution in [0.25, 0.3) is 0 Å². The first-order chi connectivity index (χ1) is 8.45. The van der Waals surface area contributed by atoms with E-state index < -0.39 is 10.8 Å². The van der Waals surface area contributed by atoms with Crippen LogP contribution in [0.2, 0.25) is 0 Å². The lowest BCUT2D eigenvalue weighted by molar-refractivity contribution is -0.384. The van der Waals surface area contributed by atoms with Crippen LogP contribution in [0.15, 0.2) is 18.2 Å². The fourth-order valence-electron chi connectivity index (χ4n) is 1.39. The molecule has 0 fully saturated rings. The monoisotopic (exact) mass is 252 g/mol. The Morgan fingerprint density at radius 1 is 1.56 bits per heavy atom. The summed E-state index contributed by atoms with van der Waals surface area (Å²) >= 11 is 0. The molecular weight excluding hydrogens is 236 g/mol. The number of hydrogen-bond donors (Lipinski definition) is 3. The zero-order chi connectivity index (χ0) is 13.7. The van der Waals surface area contributed by atoms with E-state index in [1.165, 1.54) is 12.1 Å². The van der Waals surface area contributed by atoms with Crippen LogP contribution in [0.1, 0.15) is 23.7 Å². The van der Waals surface area contributed by atoms with Gasteiger partial charge in [0.05, 0.1) is 10.5 Å². The van der Waals surface area contributed by atoms with Crippen molar-refractivity contribution < 1.29 is 9.72 Å². The Labute approximate surface area is 104 Å². The molecule has 0 aliphatic carbocycles. The molecule has 7 nitrogen and oxygen atoms in total. The molecular formula is C11H16N4O3. The number of anilines is 1. The number of carbonyl (C=O) groups excluding carboxylic acids is 1. The number of carbonyl (C=O) groups is 1. The molecule has 1 unspecified atom stereocenters. The molecule has 5 N–H and O–H groups in total. The van der Waals surface area contributed by atoms with E-state index in [0.29, 0.717) is 12.2 Å². The first-order valence-electron chi connectivity index (χ1n) is 5.53. The van der Waals surface area contributed by atoms with Gasteiger partial charge >= 0.3 is 0 Å². The predicted molar refractivity (Wildman–Crippen MR) is 68.4 cm³/mol. The third kappa shape index (κ3) is 3.42. The maximum Gasteiger partial charge on any atom is 0.270 e. The van der Waals surface area contributed by atoms with E-state index >= 15 is 0 Å². The summed E-state index contributed by atoms with van der Waals surface area (Å²) < 4.78 is 0. The molecule has 98 valence electrons. The lowest BCUT2D eigenvalue weighted by Gasteiger charge is -2.13. The quantitative estimate of drug-likeness (QED) is 0.511. The average Bonchev–Trinajstić information content (AvgIpc) is 2.35. The van der Waals surface area contributed by atoms with Gasteiger partial charge in [0.15, 0.2) is 0 Å². The Morgan fingerprint density at radius 3 is 2.72 bits per heavy atom. The number of nitrogens with one attached hydrogen (secondary N) is 1. The van der Waals surface area contributed by atoms with Gasteiger partial charge in [0.25, 0.3) is 11.6 Å². The molecule has 7 heteroatoms. The van der Waals surface area contributed by atoms with E-state index in [9.17, 15) is 14.9 Å². The Bertz CT molecular complexity index is 462. The summed E-state index contributed by atoms with van der Waals surface area (Å²) in [5.41, 5.74) is 11.3. The molecule has 0 spiro atoms. The first-order valence-corrected chi connectivity index (χ1v) is 5.53. The molecule has 0 saturated heterocycles. The highest BCUT2D eigenvalue weighted by Gasteiger charge is 2.14. The van der Waals surface area contributed by atoms with Crippen molar-refractivity contribution in [1.82, 2.24) is 0 Å². The van der Waals surface area contributed by atoms with Gasteiger partial charge in [-0.25, -0.2) is 0 Å². The van der Waals surface area contributed by atoms with E-state index in [4.69, 9.17) is 11.5 Å². The van der Waals surface area contributed by atoms with Gasteiger partial charge in [0.2, 0.25) is 0 Å². The van der Waals surface area contributed by atoms with Crippen LogP contribution < -0.4 is 16.8 Å². The van der Waals surface area contributed by atoms with Crippen LogP contribution >= 0.6 is 0 Å². The van der Waals surface area contributed by atoms with Crippen molar-refractivity contribution in [3.63, 3.8) is 0 Å². The van der Waals surface area contributed by atoms with E-state index in [-0.39, 0.29) is 17.3 Å². The summed E-state index contributed by atoms with van der Waals surface area (Å²) in [6.45, 7) is 2.41. The van der Waals surface area contributed by atoms with E-state index in [0.717, 1.165) is 12.5 Å². The number of rotatable bonds is 6. The molecule has 0 heterocycles. The summed E-state index contributed by atoms with van der Waals surface area (Å²) in [5, 5.41) is 13.6. The number of non-ortho nitro benzene ring substituents is 1. The van der Waals surface area contributed by atoms with Gasteiger partial charge in [0, 0.05) is 30.4 Å². The first kappa shape index (κ1) is 13.9. The van der Waals surface area contributed by atoms with Gasteiger partial charge < -0.3 is 16.8 Å². The SMILES string of the molecule is CCC(N)CNc1ccc([N+](=O)[O-])cc1C(N)=O. The van der Waals surface area contributed by atoms with Crippen LogP contribution in [0, 0.1) is 10.1 Å². The minimum atomic E-state index is -0.716. The maximum absolute atomic E-state index is 11.2. The summed E-state index contributed by atoms with van der Waals surface area (Å²) in [6.07, 6.45) is 0.784. The average molecular weight is 252 g/mol. The van der Waals surface area contributed by atoms with Crippen molar-refractivity contribution in [3.8, 4) is 0 Å². The second-order valence-corrected chi connectivity index (χ2v) is 3.90. The number of amides is 1. The molecule has 1 rings (SSSR count). The lowest BCUT2D eigenvalue weighted by atomic mass is 10.1. The zero-order valence-electron chi connectivity index (χ0n) is 10.1. The molecule has 0 bridgehead atoms. The smallest absolute Gasteiger partial charge is 0.270 e. The molecule has 0 aliphatic heterocycles. The Hall–Kier alpha value is -2.15. The van der Waals surface area contributed by atoms with E-state index in [1.807, 2.05) is 6.92 Å². The Kier molecular flexibility index (Phi) is 4.61. The fourth-order valence-corrected chi connectivity index (χ4v) is 1.39. The number of hydrogen-bond acceptors (Lipinski definition) is 5. The van der Waals surface area contributed by atoms with Crippen LogP contribution in [0.5, 0.6) is 0 Å². The number of nitrogens with two attached hydrogens (primary N) is 2. The summed E-state index contributed by atoms with van der Waals surface area (Å²) in [4.78, 5) is 21.3. The summed E-state index contributed by atoms with van der Waals surface area (Å²) in [7, 11) is 0. The van der Waals surface area contributed by atoms with Crippen LogP contribution in [-0.4, -0.2) is 23.4 Å². The second kappa shape index (κ2) is 5.97. The van der Waals surface area contributed by atoms with Crippen LogP contribution in [0.4, 0.5) is 11.4 Å². The molecule has 0 radical (unpaired) electrons. The normalized spacial score (nSPS) is 11.9. The highest BCUT2D eigenvalue weighted by atomic mass is 16.6. The van der Waals surface area contributed by atoms with Gasteiger partial charge in [-0.3, -0.25) is 14.9 Å². The topological polar surface area (TPSA) is 124 Å². The third-order valence-electron chi connectivity index (χ3n) is 2.56. The van der Waals surface area contributed by atoms with Gasteiger partial charge in [-0.15, -0.1) is 0 Å². The molecule has 18 heavy (non-hydrogen) atoms. The molecule has 1 atom stereocenters. The van der Waals surface area contributed by atoms with Gasteiger partial charge in [0.1, 0.15) is 0 Å². The van der Waals surface area contributed by atoms with Crippen molar-refractivity contribution in [1.29, 1.82) is 0 Å². The minimum absolute atomic E-state index is 0.0547. The van der Waals surface area contributed by atoms with E-state index in [2.05, 4.69) is 5.32 Å². The highest BCUT2D eigenvalue weighted by molar-refractivity contribution is 5.99. The van der Waals surface area contributed by atoms with Crippen molar-refractivity contribution in [3.05, 3.63) is 33.9 Å². The van der Waals surface area contributed by atoms with Crippen molar-refractivity contribution in [2.45, 2.75) is 19.4 Å². The molecule has 1 amide bonds. The maximum atomic E-state index is 11.2. The molecule has 0 aromatic heterocycles. The largest absolute Gasteiger partial charge is 0.383 e. The summed E-state index contributed by atoms with van der Waals surface area (Å²) in [6, 6.07) is 3.87. The Morgan fingerprint density at radius 2 is 2.22 bits per heavy atom. The van der Waals surface area contributed by atoms with Crippen LogP contribution in [-0.2, 0) is 0 Å². The standard InChI is InChI=1S/C11H16N4O3/c1-2-7(12)6-14-10-4-3-8(15(17)18)5-9(10)11(13)16/h3-5,7,14H,2,6,12H2,1H3,(H2,13,16). The number of primary amides is 1. The van der Waals surface area contributed by atoms with Gasteiger partial charge in [-0.1, -0.05) is 6.92 Å². The minimum Gasteiger partial charge on any atom is -0.383 e. The fraction of sp³-hybridized carbons (Fsp3) is 0.364. The second-order valence-electron chi connectivity index (χ2n) is 3.90. The van der Waals surface area contributed by atoms with Crippen molar-refractivity contribution >= 4 is 17.3 Å². The highest BCUT2D eigenvalue weighted by Crippen LogP contribution is 2.21. The molecule has 0 saturated carbocycles. The van der Waals surface area contributed by atoms with Gasteiger partial charge in [-0.05, 0) is 12.5 Å². The number of nitrogens with zero attached hydrogens (tertiary/aromatic N) is 1. The number of nitro groups is 1. The number of benzene rings is 1. The van der Waals surface area contributed by atoms with Crippen molar-refractivity contribution in [2.75, 3.05) is 11.9 Å². The zero-order valence-corrected chi connectivity index (χ0v) is 10.1. The van der Waals surface area contributed by atoms with Gasteiger partial charge in [-0.2, -0.15) is 0 Å². The van der Waals surface area contributed by atoms with Crippen molar-refractivity contribution in [2.24, 2.45) is 11.5 Å².